The van der Waals surface area contributed by atoms with Gasteiger partial charge in [-0.3, -0.25) is 0 Å². The SMILES string of the molecule is CCCNc1nccc(N2CCN(c3ncccn3)CC2)n1. The summed E-state index contributed by atoms with van der Waals surface area (Å²) >= 11 is 0. The molecular weight excluding hydrogens is 278 g/mol. The zero-order valence-electron chi connectivity index (χ0n) is 12.8. The summed E-state index contributed by atoms with van der Waals surface area (Å²) < 4.78 is 0. The fourth-order valence-electron chi connectivity index (χ4n) is 2.44. The summed E-state index contributed by atoms with van der Waals surface area (Å²) in [5.41, 5.74) is 0. The molecule has 0 radical (unpaired) electrons. The third-order valence-electron chi connectivity index (χ3n) is 3.61. The van der Waals surface area contributed by atoms with E-state index in [4.69, 9.17) is 0 Å². The van der Waals surface area contributed by atoms with Gasteiger partial charge >= 0.3 is 0 Å². The smallest absolute Gasteiger partial charge is 0.225 e. The fraction of sp³-hybridized carbons (Fsp3) is 0.467. The number of hydrogen-bond donors (Lipinski definition) is 1. The normalized spacial score (nSPS) is 15.0. The molecule has 0 bridgehead atoms. The molecule has 0 unspecified atom stereocenters. The number of rotatable bonds is 5. The first-order valence-electron chi connectivity index (χ1n) is 7.70. The van der Waals surface area contributed by atoms with Gasteiger partial charge in [0.2, 0.25) is 11.9 Å². The highest BCUT2D eigenvalue weighted by Gasteiger charge is 2.19. The summed E-state index contributed by atoms with van der Waals surface area (Å²) in [5, 5.41) is 3.23. The first kappa shape index (κ1) is 14.5. The quantitative estimate of drug-likeness (QED) is 0.895. The van der Waals surface area contributed by atoms with E-state index in [1.54, 1.807) is 12.4 Å². The molecule has 1 aliphatic heterocycles. The van der Waals surface area contributed by atoms with Crippen molar-refractivity contribution in [3.63, 3.8) is 0 Å². The van der Waals surface area contributed by atoms with E-state index in [2.05, 4.69) is 42.0 Å². The Kier molecular flexibility index (Phi) is 4.62. The van der Waals surface area contributed by atoms with E-state index in [0.29, 0.717) is 5.95 Å². The van der Waals surface area contributed by atoms with Crippen molar-refractivity contribution in [3.05, 3.63) is 30.7 Å². The molecule has 2 aromatic rings. The van der Waals surface area contributed by atoms with Crippen molar-refractivity contribution in [2.45, 2.75) is 13.3 Å². The molecule has 0 aromatic carbocycles. The van der Waals surface area contributed by atoms with Gasteiger partial charge in [0.25, 0.3) is 0 Å². The van der Waals surface area contributed by atoms with Gasteiger partial charge in [-0.25, -0.2) is 15.0 Å². The summed E-state index contributed by atoms with van der Waals surface area (Å²) in [6.07, 6.45) is 6.44. The van der Waals surface area contributed by atoms with E-state index >= 15 is 0 Å². The van der Waals surface area contributed by atoms with E-state index in [9.17, 15) is 0 Å². The molecule has 0 spiro atoms. The Morgan fingerprint density at radius 2 is 1.73 bits per heavy atom. The van der Waals surface area contributed by atoms with Crippen LogP contribution in [-0.2, 0) is 0 Å². The molecule has 22 heavy (non-hydrogen) atoms. The highest BCUT2D eigenvalue weighted by Crippen LogP contribution is 2.16. The van der Waals surface area contributed by atoms with Crippen LogP contribution in [0.25, 0.3) is 0 Å². The van der Waals surface area contributed by atoms with E-state index in [1.165, 1.54) is 0 Å². The van der Waals surface area contributed by atoms with Crippen LogP contribution in [0.4, 0.5) is 17.7 Å². The van der Waals surface area contributed by atoms with Gasteiger partial charge in [0.1, 0.15) is 5.82 Å². The number of anilines is 3. The van der Waals surface area contributed by atoms with Crippen LogP contribution < -0.4 is 15.1 Å². The number of aromatic nitrogens is 4. The third-order valence-corrected chi connectivity index (χ3v) is 3.61. The van der Waals surface area contributed by atoms with Crippen LogP contribution in [0.2, 0.25) is 0 Å². The van der Waals surface area contributed by atoms with Crippen LogP contribution in [0.15, 0.2) is 30.7 Å². The van der Waals surface area contributed by atoms with Gasteiger partial charge in [-0.1, -0.05) is 6.92 Å². The van der Waals surface area contributed by atoms with Gasteiger partial charge in [-0.05, 0) is 18.6 Å². The minimum Gasteiger partial charge on any atom is -0.354 e. The second kappa shape index (κ2) is 7.02. The van der Waals surface area contributed by atoms with E-state index in [0.717, 1.165) is 50.9 Å². The van der Waals surface area contributed by atoms with Crippen molar-refractivity contribution in [3.8, 4) is 0 Å². The molecule has 0 saturated carbocycles. The number of nitrogens with zero attached hydrogens (tertiary/aromatic N) is 6. The average molecular weight is 299 g/mol. The highest BCUT2D eigenvalue weighted by molar-refractivity contribution is 5.45. The Bertz CT molecular complexity index is 581. The molecule has 116 valence electrons. The van der Waals surface area contributed by atoms with Crippen molar-refractivity contribution >= 4 is 17.7 Å². The molecule has 0 aliphatic carbocycles. The number of nitrogens with one attached hydrogen (secondary N) is 1. The summed E-state index contributed by atoms with van der Waals surface area (Å²) in [6.45, 7) is 6.62. The van der Waals surface area contributed by atoms with Gasteiger partial charge in [-0.2, -0.15) is 4.98 Å². The van der Waals surface area contributed by atoms with Crippen LogP contribution in [0.5, 0.6) is 0 Å². The lowest BCUT2D eigenvalue weighted by Crippen LogP contribution is -2.47. The van der Waals surface area contributed by atoms with E-state index < -0.39 is 0 Å². The molecular formula is C15H21N7. The summed E-state index contributed by atoms with van der Waals surface area (Å²) in [5.74, 6) is 2.48. The Labute approximate surface area is 130 Å². The molecule has 2 aromatic heterocycles. The van der Waals surface area contributed by atoms with Gasteiger partial charge in [0.05, 0.1) is 0 Å². The van der Waals surface area contributed by atoms with Gasteiger partial charge in [0, 0.05) is 51.3 Å². The molecule has 3 rings (SSSR count). The van der Waals surface area contributed by atoms with Crippen molar-refractivity contribution in [1.82, 2.24) is 19.9 Å². The van der Waals surface area contributed by atoms with E-state index in [1.807, 2.05) is 18.3 Å². The maximum absolute atomic E-state index is 4.59. The largest absolute Gasteiger partial charge is 0.354 e. The Hall–Kier alpha value is -2.44. The molecule has 1 N–H and O–H groups in total. The zero-order valence-corrected chi connectivity index (χ0v) is 12.8. The zero-order chi connectivity index (χ0) is 15.2. The predicted octanol–water partition coefficient (Wildman–Crippen LogP) is 1.42. The summed E-state index contributed by atoms with van der Waals surface area (Å²) in [6, 6.07) is 3.80. The van der Waals surface area contributed by atoms with Gasteiger partial charge in [-0.15, -0.1) is 0 Å². The summed E-state index contributed by atoms with van der Waals surface area (Å²) in [4.78, 5) is 21.9. The van der Waals surface area contributed by atoms with Crippen LogP contribution in [0.1, 0.15) is 13.3 Å². The van der Waals surface area contributed by atoms with Gasteiger partial charge in [0.15, 0.2) is 0 Å². The molecule has 0 amide bonds. The molecule has 1 saturated heterocycles. The molecule has 1 fully saturated rings. The van der Waals surface area contributed by atoms with Crippen LogP contribution in [0.3, 0.4) is 0 Å². The molecule has 0 atom stereocenters. The topological polar surface area (TPSA) is 70.1 Å². The average Bonchev–Trinajstić information content (AvgIpc) is 2.61. The summed E-state index contributed by atoms with van der Waals surface area (Å²) in [7, 11) is 0. The van der Waals surface area contributed by atoms with Crippen molar-refractivity contribution in [2.75, 3.05) is 47.8 Å². The lowest BCUT2D eigenvalue weighted by Gasteiger charge is -2.35. The van der Waals surface area contributed by atoms with Crippen molar-refractivity contribution < 1.29 is 0 Å². The maximum atomic E-state index is 4.59. The van der Waals surface area contributed by atoms with Crippen LogP contribution >= 0.6 is 0 Å². The van der Waals surface area contributed by atoms with Crippen LogP contribution in [0, 0.1) is 0 Å². The number of hydrogen-bond acceptors (Lipinski definition) is 7. The Balaban J connectivity index is 1.61. The monoisotopic (exact) mass is 299 g/mol. The Morgan fingerprint density at radius 3 is 2.45 bits per heavy atom. The standard InChI is InChI=1S/C15H21N7/c1-2-5-16-14-17-8-4-13(20-14)21-9-11-22(12-10-21)15-18-6-3-7-19-15/h3-4,6-8H,2,5,9-12H2,1H3,(H,16,17,20). The van der Waals surface area contributed by atoms with Crippen LogP contribution in [-0.4, -0.2) is 52.7 Å². The highest BCUT2D eigenvalue weighted by atomic mass is 15.3. The lowest BCUT2D eigenvalue weighted by atomic mass is 10.3. The molecule has 3 heterocycles. The maximum Gasteiger partial charge on any atom is 0.225 e. The minimum absolute atomic E-state index is 0.702. The van der Waals surface area contributed by atoms with Gasteiger partial charge < -0.3 is 15.1 Å². The minimum atomic E-state index is 0.702. The second-order valence-electron chi connectivity index (χ2n) is 5.19. The Morgan fingerprint density at radius 1 is 1.00 bits per heavy atom. The van der Waals surface area contributed by atoms with Crippen molar-refractivity contribution in [2.24, 2.45) is 0 Å². The fourth-order valence-corrected chi connectivity index (χ4v) is 2.44. The lowest BCUT2D eigenvalue weighted by molar-refractivity contribution is 0.634. The van der Waals surface area contributed by atoms with Crippen molar-refractivity contribution in [1.29, 1.82) is 0 Å². The molecule has 7 heteroatoms. The number of piperazine rings is 1. The molecule has 7 nitrogen and oxygen atoms in total. The second-order valence-corrected chi connectivity index (χ2v) is 5.19. The van der Waals surface area contributed by atoms with E-state index in [-0.39, 0.29) is 0 Å². The first-order valence-corrected chi connectivity index (χ1v) is 7.70. The predicted molar refractivity (Wildman–Crippen MR) is 87.3 cm³/mol. The molecule has 1 aliphatic rings. The first-order chi connectivity index (χ1) is 10.9. The third kappa shape index (κ3) is 3.41.